The fourth-order valence-electron chi connectivity index (χ4n) is 3.30. The molecule has 0 amide bonds. The largest absolute Gasteiger partial charge is 0.463 e. The van der Waals surface area contributed by atoms with E-state index in [-0.39, 0.29) is 18.0 Å². The van der Waals surface area contributed by atoms with E-state index in [1.165, 1.54) is 24.3 Å². The Labute approximate surface area is 171 Å². The molecule has 10 heteroatoms. The Bertz CT molecular complexity index is 1000. The molecule has 2 atom stereocenters. The lowest BCUT2D eigenvalue weighted by molar-refractivity contribution is -0.385. The molecule has 1 aliphatic rings. The topological polar surface area (TPSA) is 137 Å². The highest BCUT2D eigenvalue weighted by Crippen LogP contribution is 2.33. The van der Waals surface area contributed by atoms with E-state index in [0.717, 1.165) is 5.56 Å². The summed E-state index contributed by atoms with van der Waals surface area (Å²) in [6.07, 6.45) is -0.441. The number of ether oxygens (including phenoxy) is 1. The summed E-state index contributed by atoms with van der Waals surface area (Å²) in [5.74, 6) is -0.500. The first-order chi connectivity index (χ1) is 14.3. The minimum absolute atomic E-state index is 0.0269. The molecule has 30 heavy (non-hydrogen) atoms. The quantitative estimate of drug-likeness (QED) is 0.419. The molecular weight excluding hydrogens is 392 g/mol. The van der Waals surface area contributed by atoms with Crippen LogP contribution in [0.4, 0.5) is 11.4 Å². The first-order valence-electron chi connectivity index (χ1n) is 9.21. The molecule has 0 saturated carbocycles. The van der Waals surface area contributed by atoms with Gasteiger partial charge in [-0.05, 0) is 37.1 Å². The Kier molecular flexibility index (Phi) is 6.07. The number of rotatable bonds is 6. The highest BCUT2D eigenvalue weighted by atomic mass is 16.6. The van der Waals surface area contributed by atoms with Crippen molar-refractivity contribution in [1.29, 1.82) is 0 Å². The first kappa shape index (κ1) is 20.9. The molecule has 2 N–H and O–H groups in total. The van der Waals surface area contributed by atoms with E-state index >= 15 is 0 Å². The fourth-order valence-corrected chi connectivity index (χ4v) is 3.30. The molecule has 10 nitrogen and oxygen atoms in total. The zero-order valence-electron chi connectivity index (χ0n) is 16.3. The normalized spacial score (nSPS) is 18.5. The highest BCUT2D eigenvalue weighted by Gasteiger charge is 2.33. The first-order valence-corrected chi connectivity index (χ1v) is 9.21. The van der Waals surface area contributed by atoms with E-state index in [1.54, 1.807) is 38.1 Å². The molecular formula is C20H20N4O6. The molecule has 0 fully saturated rings. The molecule has 0 unspecified atom stereocenters. The van der Waals surface area contributed by atoms with Gasteiger partial charge in [-0.15, -0.1) is 0 Å². The summed E-state index contributed by atoms with van der Waals surface area (Å²) >= 11 is 0. The predicted octanol–water partition coefficient (Wildman–Crippen LogP) is 3.27. The van der Waals surface area contributed by atoms with Gasteiger partial charge >= 0.3 is 5.97 Å². The number of non-ortho nitro benzene ring substituents is 2. The van der Waals surface area contributed by atoms with Gasteiger partial charge < -0.3 is 10.1 Å². The van der Waals surface area contributed by atoms with Gasteiger partial charge in [0.2, 0.25) is 0 Å². The van der Waals surface area contributed by atoms with Crippen molar-refractivity contribution in [3.8, 4) is 0 Å². The third-order valence-corrected chi connectivity index (χ3v) is 4.76. The van der Waals surface area contributed by atoms with Gasteiger partial charge in [-0.1, -0.05) is 12.1 Å². The van der Waals surface area contributed by atoms with Crippen LogP contribution in [0.1, 0.15) is 37.2 Å². The van der Waals surface area contributed by atoms with Crippen LogP contribution in [0, 0.1) is 20.2 Å². The standard InChI is InChI=1S/C20H20N4O6/c1-3-30-20(25)17-12(2)21-19(14-6-10-16(11-7-14)24(28)29)22-18(17)13-4-8-15(9-5-13)23(26)27/h4-11,18-19,21-22H,3H2,1-2H3/t18-,19+/m0/s1. The number of nitro groups is 2. The molecule has 2 aromatic carbocycles. The van der Waals surface area contributed by atoms with Crippen molar-refractivity contribution < 1.29 is 19.4 Å². The SMILES string of the molecule is CCOC(=O)C1=C(C)N[C@@H](c2ccc([N+](=O)[O-])cc2)N[C@H]1c1ccc([N+](=O)[O-])cc1. The van der Waals surface area contributed by atoms with E-state index in [1.807, 2.05) is 0 Å². The van der Waals surface area contributed by atoms with Crippen molar-refractivity contribution in [3.63, 3.8) is 0 Å². The van der Waals surface area contributed by atoms with Gasteiger partial charge in [-0.2, -0.15) is 0 Å². The van der Waals surface area contributed by atoms with Crippen LogP contribution in [0.2, 0.25) is 0 Å². The van der Waals surface area contributed by atoms with Crippen LogP contribution in [-0.2, 0) is 9.53 Å². The number of hydrogen-bond acceptors (Lipinski definition) is 8. The van der Waals surface area contributed by atoms with Crippen LogP contribution < -0.4 is 10.6 Å². The van der Waals surface area contributed by atoms with Crippen LogP contribution in [0.5, 0.6) is 0 Å². The van der Waals surface area contributed by atoms with Gasteiger partial charge in [0, 0.05) is 30.0 Å². The molecule has 0 radical (unpaired) electrons. The van der Waals surface area contributed by atoms with Crippen LogP contribution in [0.25, 0.3) is 0 Å². The lowest BCUT2D eigenvalue weighted by Crippen LogP contribution is -2.44. The molecule has 0 aliphatic carbocycles. The summed E-state index contributed by atoms with van der Waals surface area (Å²) < 4.78 is 5.19. The van der Waals surface area contributed by atoms with Gasteiger partial charge in [-0.3, -0.25) is 25.5 Å². The molecule has 2 aromatic rings. The van der Waals surface area contributed by atoms with Crippen LogP contribution >= 0.6 is 0 Å². The Morgan fingerprint density at radius 3 is 1.93 bits per heavy atom. The van der Waals surface area contributed by atoms with E-state index in [2.05, 4.69) is 10.6 Å². The number of hydrogen-bond donors (Lipinski definition) is 2. The van der Waals surface area contributed by atoms with E-state index in [9.17, 15) is 25.0 Å². The van der Waals surface area contributed by atoms with Crippen LogP contribution in [0.15, 0.2) is 59.8 Å². The molecule has 0 saturated heterocycles. The van der Waals surface area contributed by atoms with E-state index in [4.69, 9.17) is 4.74 Å². The molecule has 0 spiro atoms. The summed E-state index contributed by atoms with van der Waals surface area (Å²) in [6.45, 7) is 3.65. The van der Waals surface area contributed by atoms with E-state index < -0.39 is 28.0 Å². The predicted molar refractivity (Wildman–Crippen MR) is 107 cm³/mol. The second kappa shape index (κ2) is 8.70. The molecule has 0 bridgehead atoms. The monoisotopic (exact) mass is 412 g/mol. The lowest BCUT2D eigenvalue weighted by atomic mass is 9.93. The Hall–Kier alpha value is -3.79. The van der Waals surface area contributed by atoms with Crippen LogP contribution in [0.3, 0.4) is 0 Å². The third-order valence-electron chi connectivity index (χ3n) is 4.76. The summed E-state index contributed by atoms with van der Waals surface area (Å²) in [5.41, 5.74) is 2.24. The molecule has 0 aromatic heterocycles. The van der Waals surface area contributed by atoms with E-state index in [0.29, 0.717) is 16.8 Å². The van der Waals surface area contributed by atoms with Gasteiger partial charge in [0.05, 0.1) is 28.1 Å². The van der Waals surface area contributed by atoms with Crippen molar-refractivity contribution in [2.24, 2.45) is 0 Å². The summed E-state index contributed by atoms with van der Waals surface area (Å²) in [6, 6.07) is 11.4. The van der Waals surface area contributed by atoms with Gasteiger partial charge in [0.25, 0.3) is 11.4 Å². The number of carbonyl (C=O) groups excluding carboxylic acids is 1. The lowest BCUT2D eigenvalue weighted by Gasteiger charge is -2.35. The molecule has 1 aliphatic heterocycles. The zero-order valence-corrected chi connectivity index (χ0v) is 16.3. The Morgan fingerprint density at radius 2 is 1.47 bits per heavy atom. The number of nitrogens with zero attached hydrogens (tertiary/aromatic N) is 2. The van der Waals surface area contributed by atoms with Crippen molar-refractivity contribution in [2.45, 2.75) is 26.1 Å². The number of nitrogens with one attached hydrogen (secondary N) is 2. The number of carbonyl (C=O) groups is 1. The maximum Gasteiger partial charge on any atom is 0.337 e. The molecule has 3 rings (SSSR count). The number of allylic oxidation sites excluding steroid dienone is 1. The van der Waals surface area contributed by atoms with Gasteiger partial charge in [0.1, 0.15) is 6.17 Å². The second-order valence-corrected chi connectivity index (χ2v) is 6.63. The fraction of sp³-hybridized carbons (Fsp3) is 0.250. The van der Waals surface area contributed by atoms with Crippen molar-refractivity contribution in [3.05, 3.63) is 91.2 Å². The van der Waals surface area contributed by atoms with Gasteiger partial charge in [-0.25, -0.2) is 4.79 Å². The average molecular weight is 412 g/mol. The highest BCUT2D eigenvalue weighted by molar-refractivity contribution is 5.91. The van der Waals surface area contributed by atoms with Gasteiger partial charge in [0.15, 0.2) is 0 Å². The number of esters is 1. The zero-order chi connectivity index (χ0) is 21.8. The molecule has 1 heterocycles. The number of nitro benzene ring substituents is 2. The van der Waals surface area contributed by atoms with Crippen molar-refractivity contribution in [2.75, 3.05) is 6.61 Å². The maximum absolute atomic E-state index is 12.6. The molecule has 156 valence electrons. The minimum atomic E-state index is -0.591. The van der Waals surface area contributed by atoms with Crippen molar-refractivity contribution in [1.82, 2.24) is 10.6 Å². The Morgan fingerprint density at radius 1 is 0.967 bits per heavy atom. The summed E-state index contributed by atoms with van der Waals surface area (Å²) in [5, 5.41) is 28.3. The smallest absolute Gasteiger partial charge is 0.337 e. The average Bonchev–Trinajstić information content (AvgIpc) is 2.73. The minimum Gasteiger partial charge on any atom is -0.463 e. The maximum atomic E-state index is 12.6. The third kappa shape index (κ3) is 4.28. The number of benzene rings is 2. The van der Waals surface area contributed by atoms with Crippen LogP contribution in [-0.4, -0.2) is 22.4 Å². The second-order valence-electron chi connectivity index (χ2n) is 6.63. The van der Waals surface area contributed by atoms with Crippen molar-refractivity contribution >= 4 is 17.3 Å². The summed E-state index contributed by atoms with van der Waals surface area (Å²) in [4.78, 5) is 33.5. The summed E-state index contributed by atoms with van der Waals surface area (Å²) in [7, 11) is 0. The Balaban J connectivity index is 1.99.